The summed E-state index contributed by atoms with van der Waals surface area (Å²) in [5, 5.41) is 0. The van der Waals surface area contributed by atoms with Gasteiger partial charge in [-0.05, 0) is 12.1 Å². The molecular weight excluding hydrogens is 240 g/mol. The molecule has 0 saturated carbocycles. The molecule has 7 heteroatoms. The highest BCUT2D eigenvalue weighted by molar-refractivity contribution is 5.74. The first-order chi connectivity index (χ1) is 7.71. The van der Waals surface area contributed by atoms with Crippen molar-refractivity contribution in [1.82, 2.24) is 0 Å². The Morgan fingerprint density at radius 1 is 1.35 bits per heavy atom. The number of hydrogen-bond acceptors (Lipinski definition) is 2. The second kappa shape index (κ2) is 4.70. The van der Waals surface area contributed by atoms with Gasteiger partial charge in [0, 0.05) is 18.0 Å². The first-order valence-electron chi connectivity index (χ1n) is 4.62. The molecule has 0 radical (unpaired) electrons. The highest BCUT2D eigenvalue weighted by atomic mass is 19.4. The maximum Gasteiger partial charge on any atom is 0.416 e. The number of carbonyl (C=O) groups is 1. The molecule has 1 atom stereocenters. The van der Waals surface area contributed by atoms with Gasteiger partial charge in [0.15, 0.2) is 0 Å². The maximum absolute atomic E-state index is 13.3. The number of alkyl halides is 3. The van der Waals surface area contributed by atoms with E-state index in [1.165, 1.54) is 0 Å². The van der Waals surface area contributed by atoms with E-state index < -0.39 is 29.5 Å². The number of carbonyl (C=O) groups excluding carboxylic acids is 1. The van der Waals surface area contributed by atoms with Crippen molar-refractivity contribution in [2.75, 3.05) is 0 Å². The quantitative estimate of drug-likeness (QED) is 0.802. The van der Waals surface area contributed by atoms with Gasteiger partial charge < -0.3 is 11.5 Å². The minimum Gasteiger partial charge on any atom is -0.370 e. The molecule has 0 spiro atoms. The Bertz CT molecular complexity index is 431. The fourth-order valence-corrected chi connectivity index (χ4v) is 1.33. The molecule has 94 valence electrons. The molecule has 0 saturated heterocycles. The van der Waals surface area contributed by atoms with Crippen LogP contribution >= 0.6 is 0 Å². The van der Waals surface area contributed by atoms with E-state index in [9.17, 15) is 22.4 Å². The topological polar surface area (TPSA) is 69.1 Å². The van der Waals surface area contributed by atoms with E-state index in [1.807, 2.05) is 0 Å². The predicted octanol–water partition coefficient (Wildman–Crippen LogP) is 1.72. The lowest BCUT2D eigenvalue weighted by Crippen LogP contribution is -2.21. The fourth-order valence-electron chi connectivity index (χ4n) is 1.33. The minimum absolute atomic E-state index is 0.170. The first kappa shape index (κ1) is 13.4. The Morgan fingerprint density at radius 3 is 2.35 bits per heavy atom. The largest absolute Gasteiger partial charge is 0.416 e. The minimum atomic E-state index is -4.62. The molecule has 3 nitrogen and oxygen atoms in total. The Kier molecular flexibility index (Phi) is 3.72. The molecule has 1 unspecified atom stereocenters. The molecule has 1 amide bonds. The molecule has 1 aromatic rings. The molecule has 1 rings (SSSR count). The summed E-state index contributed by atoms with van der Waals surface area (Å²) in [4.78, 5) is 10.6. The Balaban J connectivity index is 3.02. The van der Waals surface area contributed by atoms with Crippen molar-refractivity contribution in [3.63, 3.8) is 0 Å². The monoisotopic (exact) mass is 250 g/mol. The number of nitrogens with two attached hydrogens (primary N) is 2. The van der Waals surface area contributed by atoms with Gasteiger partial charge in [-0.15, -0.1) is 0 Å². The van der Waals surface area contributed by atoms with Crippen LogP contribution in [0.1, 0.15) is 23.6 Å². The van der Waals surface area contributed by atoms with Crippen LogP contribution < -0.4 is 11.5 Å². The van der Waals surface area contributed by atoms with Crippen LogP contribution in [0.15, 0.2) is 18.2 Å². The van der Waals surface area contributed by atoms with Crippen LogP contribution in [0, 0.1) is 5.82 Å². The Morgan fingerprint density at radius 2 is 1.94 bits per heavy atom. The van der Waals surface area contributed by atoms with Crippen LogP contribution in [0.2, 0.25) is 0 Å². The molecule has 0 aliphatic rings. The summed E-state index contributed by atoms with van der Waals surface area (Å²) >= 11 is 0. The lowest BCUT2D eigenvalue weighted by molar-refractivity contribution is -0.137. The van der Waals surface area contributed by atoms with E-state index in [4.69, 9.17) is 11.5 Å². The van der Waals surface area contributed by atoms with Gasteiger partial charge in [-0.3, -0.25) is 4.79 Å². The van der Waals surface area contributed by atoms with Crippen LogP contribution in [0.25, 0.3) is 0 Å². The third-order valence-electron chi connectivity index (χ3n) is 2.15. The summed E-state index contributed by atoms with van der Waals surface area (Å²) in [6, 6.07) is 0.913. The van der Waals surface area contributed by atoms with E-state index in [-0.39, 0.29) is 12.0 Å². The standard InChI is InChI=1S/C10H10F4N2O/c11-7-3-5(10(12,13)14)1-2-6(7)8(15)4-9(16)17/h1-3,8H,4,15H2,(H2,16,17). The molecule has 0 fully saturated rings. The van der Waals surface area contributed by atoms with Crippen molar-refractivity contribution >= 4 is 5.91 Å². The Hall–Kier alpha value is -1.63. The number of hydrogen-bond donors (Lipinski definition) is 2. The Labute approximate surface area is 94.4 Å². The summed E-state index contributed by atoms with van der Waals surface area (Å²) in [6.07, 6.45) is -4.95. The molecule has 0 heterocycles. The van der Waals surface area contributed by atoms with Crippen molar-refractivity contribution in [1.29, 1.82) is 0 Å². The normalized spacial score (nSPS) is 13.5. The van der Waals surface area contributed by atoms with Crippen molar-refractivity contribution in [2.45, 2.75) is 18.6 Å². The van der Waals surface area contributed by atoms with Gasteiger partial charge in [0.05, 0.1) is 5.56 Å². The van der Waals surface area contributed by atoms with E-state index in [0.29, 0.717) is 12.1 Å². The van der Waals surface area contributed by atoms with Crippen LogP contribution in [0.4, 0.5) is 17.6 Å². The van der Waals surface area contributed by atoms with Crippen molar-refractivity contribution in [3.8, 4) is 0 Å². The lowest BCUT2D eigenvalue weighted by Gasteiger charge is -2.13. The zero-order valence-corrected chi connectivity index (χ0v) is 8.59. The van der Waals surface area contributed by atoms with E-state index in [2.05, 4.69) is 0 Å². The molecular formula is C10H10F4N2O. The van der Waals surface area contributed by atoms with Gasteiger partial charge in [0.25, 0.3) is 0 Å². The lowest BCUT2D eigenvalue weighted by atomic mass is 10.0. The average Bonchev–Trinajstić information content (AvgIpc) is 2.14. The summed E-state index contributed by atoms with van der Waals surface area (Å²) in [7, 11) is 0. The van der Waals surface area contributed by atoms with E-state index in [0.717, 1.165) is 6.07 Å². The zero-order chi connectivity index (χ0) is 13.2. The first-order valence-corrected chi connectivity index (χ1v) is 4.62. The summed E-state index contributed by atoms with van der Waals surface area (Å²) in [5.41, 5.74) is 9.02. The van der Waals surface area contributed by atoms with Gasteiger partial charge in [-0.1, -0.05) is 6.07 Å². The number of halogens is 4. The maximum atomic E-state index is 13.3. The van der Waals surface area contributed by atoms with Crippen LogP contribution in [0.3, 0.4) is 0 Å². The summed E-state index contributed by atoms with van der Waals surface area (Å²) < 4.78 is 50.1. The number of amides is 1. The fraction of sp³-hybridized carbons (Fsp3) is 0.300. The average molecular weight is 250 g/mol. The molecule has 0 aliphatic carbocycles. The highest BCUT2D eigenvalue weighted by Crippen LogP contribution is 2.31. The van der Waals surface area contributed by atoms with Gasteiger partial charge in [0.2, 0.25) is 5.91 Å². The highest BCUT2D eigenvalue weighted by Gasteiger charge is 2.31. The van der Waals surface area contributed by atoms with E-state index in [1.54, 1.807) is 0 Å². The van der Waals surface area contributed by atoms with Crippen LogP contribution in [0.5, 0.6) is 0 Å². The van der Waals surface area contributed by atoms with Crippen LogP contribution in [-0.2, 0) is 11.0 Å². The van der Waals surface area contributed by atoms with Gasteiger partial charge >= 0.3 is 6.18 Å². The molecule has 0 bridgehead atoms. The van der Waals surface area contributed by atoms with Crippen molar-refractivity contribution in [2.24, 2.45) is 11.5 Å². The molecule has 0 aromatic heterocycles. The number of rotatable bonds is 3. The summed E-state index contributed by atoms with van der Waals surface area (Å²) in [5.74, 6) is -1.86. The van der Waals surface area contributed by atoms with Crippen LogP contribution in [-0.4, -0.2) is 5.91 Å². The molecule has 17 heavy (non-hydrogen) atoms. The smallest absolute Gasteiger partial charge is 0.370 e. The molecule has 0 aliphatic heterocycles. The third kappa shape index (κ3) is 3.42. The van der Waals surface area contributed by atoms with E-state index >= 15 is 0 Å². The zero-order valence-electron chi connectivity index (χ0n) is 8.59. The van der Waals surface area contributed by atoms with Crippen molar-refractivity contribution < 1.29 is 22.4 Å². The van der Waals surface area contributed by atoms with Gasteiger partial charge in [-0.25, -0.2) is 4.39 Å². The summed E-state index contributed by atoms with van der Waals surface area (Å²) in [6.45, 7) is 0. The van der Waals surface area contributed by atoms with Crippen molar-refractivity contribution in [3.05, 3.63) is 35.1 Å². The predicted molar refractivity (Wildman–Crippen MR) is 52.1 cm³/mol. The van der Waals surface area contributed by atoms with Gasteiger partial charge in [-0.2, -0.15) is 13.2 Å². The SMILES string of the molecule is NC(=O)CC(N)c1ccc(C(F)(F)F)cc1F. The van der Waals surface area contributed by atoms with Gasteiger partial charge in [0.1, 0.15) is 5.82 Å². The number of primary amides is 1. The second-order valence-electron chi connectivity index (χ2n) is 3.51. The second-order valence-corrected chi connectivity index (χ2v) is 3.51. The third-order valence-corrected chi connectivity index (χ3v) is 2.15. The number of benzene rings is 1. The molecule has 1 aromatic carbocycles. The molecule has 4 N–H and O–H groups in total.